The van der Waals surface area contributed by atoms with E-state index in [-0.39, 0.29) is 17.5 Å². The maximum Gasteiger partial charge on any atom is 0.335 e. The molecule has 2 atom stereocenters. The summed E-state index contributed by atoms with van der Waals surface area (Å²) < 4.78 is 11.8. The molecular weight excluding hydrogens is 504 g/mol. The third-order valence-electron chi connectivity index (χ3n) is 6.20. The van der Waals surface area contributed by atoms with Gasteiger partial charge >= 0.3 is 5.97 Å². The van der Waals surface area contributed by atoms with E-state index < -0.39 is 12.0 Å². The number of anilines is 2. The average molecular weight is 529 g/mol. The van der Waals surface area contributed by atoms with Crippen LogP contribution in [0.15, 0.2) is 83.4 Å². The van der Waals surface area contributed by atoms with E-state index in [0.29, 0.717) is 28.1 Å². The molecule has 3 N–H and O–H groups in total. The zero-order chi connectivity index (χ0) is 26.8. The molecule has 10 heteroatoms. The van der Waals surface area contributed by atoms with Crippen LogP contribution in [0, 0.1) is 0 Å². The molecule has 5 rings (SSSR count). The van der Waals surface area contributed by atoms with Crippen molar-refractivity contribution >= 4 is 40.6 Å². The summed E-state index contributed by atoms with van der Waals surface area (Å²) in [6.07, 6.45) is 1.72. The molecule has 4 aromatic rings. The van der Waals surface area contributed by atoms with Gasteiger partial charge in [-0.15, -0.1) is 0 Å². The van der Waals surface area contributed by atoms with E-state index >= 15 is 0 Å². The second kappa shape index (κ2) is 10.3. The highest BCUT2D eigenvalue weighted by atomic mass is 32.1. The molecule has 192 valence electrons. The van der Waals surface area contributed by atoms with Gasteiger partial charge in [-0.05, 0) is 66.8 Å². The van der Waals surface area contributed by atoms with Gasteiger partial charge in [-0.25, -0.2) is 4.79 Å². The van der Waals surface area contributed by atoms with Gasteiger partial charge in [-0.1, -0.05) is 18.2 Å². The van der Waals surface area contributed by atoms with E-state index in [9.17, 15) is 14.7 Å². The molecule has 0 radical (unpaired) electrons. The van der Waals surface area contributed by atoms with Crippen LogP contribution in [0.4, 0.5) is 11.4 Å². The number of carbonyl (C=O) groups is 2. The fourth-order valence-electron chi connectivity index (χ4n) is 4.50. The highest BCUT2D eigenvalue weighted by molar-refractivity contribution is 7.80. The normalized spacial score (nSPS) is 16.7. The monoisotopic (exact) mass is 528 g/mol. The van der Waals surface area contributed by atoms with Gasteiger partial charge in [0, 0.05) is 24.4 Å². The van der Waals surface area contributed by atoms with Crippen LogP contribution >= 0.6 is 12.2 Å². The van der Waals surface area contributed by atoms with Gasteiger partial charge < -0.3 is 29.8 Å². The number of furan rings is 1. The Balaban J connectivity index is 1.58. The number of methoxy groups -OCH3 is 1. The van der Waals surface area contributed by atoms with E-state index in [0.717, 1.165) is 16.9 Å². The molecule has 1 fully saturated rings. The second-order valence-corrected chi connectivity index (χ2v) is 9.03. The van der Waals surface area contributed by atoms with Crippen LogP contribution in [0.3, 0.4) is 0 Å². The number of nitrogens with one attached hydrogen (secondary N) is 2. The number of thiocarbonyl (C=S) groups is 1. The number of pyridine rings is 1. The highest BCUT2D eigenvalue weighted by Gasteiger charge is 2.42. The largest absolute Gasteiger partial charge is 0.495 e. The summed E-state index contributed by atoms with van der Waals surface area (Å²) in [7, 11) is 1.54. The summed E-state index contributed by atoms with van der Waals surface area (Å²) in [5.74, 6) is 0.513. The van der Waals surface area contributed by atoms with E-state index in [1.54, 1.807) is 30.5 Å². The Hall–Kier alpha value is -4.70. The zero-order valence-corrected chi connectivity index (χ0v) is 21.4. The first-order valence-electron chi connectivity index (χ1n) is 11.8. The molecule has 1 amide bonds. The molecule has 2 aromatic carbocycles. The van der Waals surface area contributed by atoms with Gasteiger partial charge in [0.25, 0.3) is 0 Å². The van der Waals surface area contributed by atoms with Crippen molar-refractivity contribution in [3.8, 4) is 17.1 Å². The summed E-state index contributed by atoms with van der Waals surface area (Å²) >= 11 is 5.78. The number of aromatic carboxylic acids is 1. The van der Waals surface area contributed by atoms with E-state index in [1.807, 2.05) is 41.3 Å². The summed E-state index contributed by atoms with van der Waals surface area (Å²) in [4.78, 5) is 29.5. The fourth-order valence-corrected chi connectivity index (χ4v) is 4.84. The fraction of sp³-hybridized carbons (Fsp3) is 0.143. The number of aromatic nitrogens is 1. The van der Waals surface area contributed by atoms with Crippen molar-refractivity contribution in [2.24, 2.45) is 0 Å². The van der Waals surface area contributed by atoms with Crippen molar-refractivity contribution in [1.82, 2.24) is 10.3 Å². The third-order valence-corrected chi connectivity index (χ3v) is 6.52. The number of carboxylic acid groups (broad SMARTS) is 1. The number of carbonyl (C=O) groups excluding carboxylic acids is 1. The standard InChI is InChI=1S/C28H24N4O5S/c1-16(33)30-21-15-19(10-11-23(21)36-2)32-26(25(31-28(32)38)20-5-3-4-14-29-20)24-13-12-22(37-24)17-6-8-18(9-7-17)27(34)35/h3-15,25-26H,1-2H3,(H,30,33)(H,31,38)(H,34,35). The number of carboxylic acids is 1. The number of amides is 1. The number of benzene rings is 2. The van der Waals surface area contributed by atoms with Crippen molar-refractivity contribution in [1.29, 1.82) is 0 Å². The number of ether oxygens (including phenoxy) is 1. The number of nitrogens with zero attached hydrogens (tertiary/aromatic N) is 2. The van der Waals surface area contributed by atoms with E-state index in [2.05, 4.69) is 15.6 Å². The molecule has 1 saturated heterocycles. The molecule has 2 unspecified atom stereocenters. The van der Waals surface area contributed by atoms with Gasteiger partial charge in [-0.2, -0.15) is 0 Å². The third kappa shape index (κ3) is 4.81. The van der Waals surface area contributed by atoms with Crippen LogP contribution in [0.1, 0.15) is 40.8 Å². The lowest BCUT2D eigenvalue weighted by molar-refractivity contribution is -0.114. The minimum absolute atomic E-state index is 0.196. The van der Waals surface area contributed by atoms with Crippen molar-refractivity contribution in [3.05, 3.63) is 96.0 Å². The van der Waals surface area contributed by atoms with Crippen LogP contribution < -0.4 is 20.3 Å². The van der Waals surface area contributed by atoms with E-state index in [1.165, 1.54) is 26.2 Å². The topological polar surface area (TPSA) is 117 Å². The van der Waals surface area contributed by atoms with Gasteiger partial charge in [0.05, 0.1) is 30.1 Å². The highest BCUT2D eigenvalue weighted by Crippen LogP contribution is 2.44. The van der Waals surface area contributed by atoms with Crippen molar-refractivity contribution in [2.75, 3.05) is 17.3 Å². The molecular formula is C28H24N4O5S. The molecule has 0 spiro atoms. The molecule has 0 bridgehead atoms. The number of hydrogen-bond acceptors (Lipinski definition) is 6. The molecule has 1 aliphatic heterocycles. The maximum absolute atomic E-state index is 11.8. The van der Waals surface area contributed by atoms with Crippen LogP contribution in [-0.2, 0) is 4.79 Å². The van der Waals surface area contributed by atoms with Crippen LogP contribution in [0.25, 0.3) is 11.3 Å². The Labute approximate surface area is 224 Å². The van der Waals surface area contributed by atoms with E-state index in [4.69, 9.17) is 21.4 Å². The predicted octanol–water partition coefficient (Wildman–Crippen LogP) is 5.18. The van der Waals surface area contributed by atoms with Crippen molar-refractivity contribution in [3.63, 3.8) is 0 Å². The Morgan fingerprint density at radius 3 is 2.55 bits per heavy atom. The summed E-state index contributed by atoms with van der Waals surface area (Å²) in [6, 6.07) is 20.6. The predicted molar refractivity (Wildman–Crippen MR) is 146 cm³/mol. The van der Waals surface area contributed by atoms with Gasteiger partial charge in [-0.3, -0.25) is 9.78 Å². The Kier molecular flexibility index (Phi) is 6.80. The molecule has 9 nitrogen and oxygen atoms in total. The molecule has 38 heavy (non-hydrogen) atoms. The first kappa shape index (κ1) is 25.0. The lowest BCUT2D eigenvalue weighted by atomic mass is 10.0. The van der Waals surface area contributed by atoms with Gasteiger partial charge in [0.15, 0.2) is 5.11 Å². The van der Waals surface area contributed by atoms with Crippen LogP contribution in [-0.4, -0.2) is 34.2 Å². The maximum atomic E-state index is 11.8. The smallest absolute Gasteiger partial charge is 0.335 e. The van der Waals surface area contributed by atoms with Gasteiger partial charge in [0.2, 0.25) is 5.91 Å². The molecule has 0 aliphatic carbocycles. The summed E-state index contributed by atoms with van der Waals surface area (Å²) in [5, 5.41) is 15.9. The Morgan fingerprint density at radius 2 is 1.89 bits per heavy atom. The number of rotatable bonds is 7. The quantitative estimate of drug-likeness (QED) is 0.279. The number of hydrogen-bond donors (Lipinski definition) is 3. The minimum atomic E-state index is -0.991. The first-order valence-corrected chi connectivity index (χ1v) is 12.2. The van der Waals surface area contributed by atoms with Crippen LogP contribution in [0.5, 0.6) is 5.75 Å². The molecule has 2 aromatic heterocycles. The molecule has 0 saturated carbocycles. The summed E-state index contributed by atoms with van der Waals surface area (Å²) in [6.45, 7) is 1.43. The molecule has 3 heterocycles. The summed E-state index contributed by atoms with van der Waals surface area (Å²) in [5.41, 5.74) is 2.95. The SMILES string of the molecule is COc1ccc(N2C(=S)NC(c3ccccn3)C2c2ccc(-c3ccc(C(=O)O)cc3)o2)cc1NC(C)=O. The van der Waals surface area contributed by atoms with Crippen LogP contribution in [0.2, 0.25) is 0 Å². The van der Waals surface area contributed by atoms with Crippen molar-refractivity contribution < 1.29 is 23.8 Å². The minimum Gasteiger partial charge on any atom is -0.495 e. The first-order chi connectivity index (χ1) is 18.4. The lowest BCUT2D eigenvalue weighted by Gasteiger charge is -2.27. The van der Waals surface area contributed by atoms with Crippen molar-refractivity contribution in [2.45, 2.75) is 19.0 Å². The Morgan fingerprint density at radius 1 is 1.11 bits per heavy atom. The zero-order valence-electron chi connectivity index (χ0n) is 20.5. The average Bonchev–Trinajstić information content (AvgIpc) is 3.53. The Bertz CT molecular complexity index is 1500. The van der Waals surface area contributed by atoms with Gasteiger partial charge in [0.1, 0.15) is 23.3 Å². The second-order valence-electron chi connectivity index (χ2n) is 8.65. The lowest BCUT2D eigenvalue weighted by Crippen LogP contribution is -2.29. The molecule has 1 aliphatic rings.